The molecule has 0 bridgehead atoms. The Morgan fingerprint density at radius 2 is 1.62 bits per heavy atom. The predicted octanol–water partition coefficient (Wildman–Crippen LogP) is 2.69. The summed E-state index contributed by atoms with van der Waals surface area (Å²) >= 11 is 0. The second-order valence-corrected chi connectivity index (χ2v) is 11.5. The number of anilines is 1. The number of hydrogen-bond acceptors (Lipinski definition) is 6. The van der Waals surface area contributed by atoms with Crippen LogP contribution in [0.5, 0.6) is 11.5 Å². The molecular weight excluding hydrogens is 458 g/mol. The first-order chi connectivity index (χ1) is 16.1. The number of sulfonamides is 1. The third-order valence-corrected chi connectivity index (χ3v) is 8.60. The molecule has 10 heteroatoms. The van der Waals surface area contributed by atoms with Gasteiger partial charge in [-0.1, -0.05) is 32.1 Å². The first-order valence-electron chi connectivity index (χ1n) is 12.0. The van der Waals surface area contributed by atoms with Gasteiger partial charge in [0.15, 0.2) is 0 Å². The van der Waals surface area contributed by atoms with Crippen LogP contribution in [-0.4, -0.2) is 69.2 Å². The zero-order valence-electron chi connectivity index (χ0n) is 20.6. The lowest BCUT2D eigenvalue weighted by molar-refractivity contribution is -0.133. The summed E-state index contributed by atoms with van der Waals surface area (Å²) in [6, 6.07) is 4.99. The number of amides is 2. The van der Waals surface area contributed by atoms with Crippen LogP contribution in [0.3, 0.4) is 0 Å². The number of nitrogens with one attached hydrogen (secondary N) is 1. The molecule has 0 spiro atoms. The van der Waals surface area contributed by atoms with E-state index in [-0.39, 0.29) is 30.8 Å². The molecule has 1 aliphatic carbocycles. The summed E-state index contributed by atoms with van der Waals surface area (Å²) in [5, 5.41) is 3.15. The van der Waals surface area contributed by atoms with Crippen molar-refractivity contribution in [3.63, 3.8) is 0 Å². The fourth-order valence-corrected chi connectivity index (χ4v) is 5.93. The maximum Gasteiger partial charge on any atom is 0.247 e. The lowest BCUT2D eigenvalue weighted by atomic mass is 9.92. The molecule has 190 valence electrons. The van der Waals surface area contributed by atoms with Gasteiger partial charge in [0, 0.05) is 30.8 Å². The third-order valence-electron chi connectivity index (χ3n) is 6.82. The van der Waals surface area contributed by atoms with Gasteiger partial charge in [0.2, 0.25) is 21.8 Å². The first-order valence-corrected chi connectivity index (χ1v) is 13.6. The van der Waals surface area contributed by atoms with Gasteiger partial charge >= 0.3 is 0 Å². The Labute approximate surface area is 202 Å². The van der Waals surface area contributed by atoms with Crippen LogP contribution >= 0.6 is 0 Å². The highest BCUT2D eigenvalue weighted by Gasteiger charge is 2.51. The molecule has 2 aliphatic rings. The largest absolute Gasteiger partial charge is 0.497 e. The van der Waals surface area contributed by atoms with Crippen molar-refractivity contribution in [2.24, 2.45) is 0 Å². The molecular formula is C24H37N3O6S. The highest BCUT2D eigenvalue weighted by molar-refractivity contribution is 7.89. The molecule has 3 rings (SSSR count). The van der Waals surface area contributed by atoms with E-state index >= 15 is 0 Å². The van der Waals surface area contributed by atoms with Crippen molar-refractivity contribution < 1.29 is 27.5 Å². The maximum atomic E-state index is 13.8. The number of hydrogen-bond donors (Lipinski definition) is 1. The lowest BCUT2D eigenvalue weighted by Gasteiger charge is -2.47. The van der Waals surface area contributed by atoms with Gasteiger partial charge in [-0.05, 0) is 26.7 Å². The molecule has 1 saturated carbocycles. The van der Waals surface area contributed by atoms with Gasteiger partial charge in [0.1, 0.15) is 17.0 Å². The van der Waals surface area contributed by atoms with Crippen molar-refractivity contribution in [2.45, 2.75) is 70.4 Å². The standard InChI is InChI=1S/C24H37N3O6S/c1-5-34(30,31)26-16-22(28)27(19-13-20(32-3)15-21(14-19)33-4)24(2,17-26)23(29)25-18-11-9-7-6-8-10-12-18/h13-15,18H,5-12,16-17H2,1-4H3,(H,25,29)/t24-/m0/s1. The lowest BCUT2D eigenvalue weighted by Crippen LogP contribution is -2.71. The van der Waals surface area contributed by atoms with Gasteiger partial charge in [0.25, 0.3) is 0 Å². The molecule has 1 saturated heterocycles. The number of carbonyl (C=O) groups excluding carboxylic acids is 2. The molecule has 1 N–H and O–H groups in total. The zero-order valence-corrected chi connectivity index (χ0v) is 21.4. The van der Waals surface area contributed by atoms with E-state index in [4.69, 9.17) is 9.47 Å². The van der Waals surface area contributed by atoms with E-state index in [1.807, 2.05) is 0 Å². The van der Waals surface area contributed by atoms with Gasteiger partial charge in [-0.25, -0.2) is 8.42 Å². The van der Waals surface area contributed by atoms with E-state index in [0.717, 1.165) is 42.8 Å². The fourth-order valence-electron chi connectivity index (χ4n) is 4.81. The van der Waals surface area contributed by atoms with E-state index in [1.165, 1.54) is 32.5 Å². The van der Waals surface area contributed by atoms with Crippen LogP contribution in [0.4, 0.5) is 5.69 Å². The second kappa shape index (κ2) is 10.9. The minimum atomic E-state index is -3.68. The van der Waals surface area contributed by atoms with Crippen molar-refractivity contribution in [1.82, 2.24) is 9.62 Å². The SMILES string of the molecule is CCS(=O)(=O)N1CC(=O)N(c2cc(OC)cc(OC)c2)[C@](C)(C(=O)NC2CCCCCCC2)C1. The Bertz CT molecular complexity index is 968. The first kappa shape index (κ1) is 26.3. The average molecular weight is 496 g/mol. The Morgan fingerprint density at radius 1 is 1.06 bits per heavy atom. The smallest absolute Gasteiger partial charge is 0.247 e. The normalized spacial score (nSPS) is 23.2. The summed E-state index contributed by atoms with van der Waals surface area (Å²) < 4.78 is 37.3. The van der Waals surface area contributed by atoms with Gasteiger partial charge < -0.3 is 14.8 Å². The number of rotatable bonds is 7. The molecule has 0 unspecified atom stereocenters. The van der Waals surface area contributed by atoms with Crippen molar-refractivity contribution in [2.75, 3.05) is 38.0 Å². The summed E-state index contributed by atoms with van der Waals surface area (Å²) in [6.45, 7) is 2.70. The van der Waals surface area contributed by atoms with Crippen molar-refractivity contribution in [3.8, 4) is 11.5 Å². The highest BCUT2D eigenvalue weighted by atomic mass is 32.2. The van der Waals surface area contributed by atoms with Crippen LogP contribution in [0.25, 0.3) is 0 Å². The molecule has 1 aromatic carbocycles. The quantitative estimate of drug-likeness (QED) is 0.624. The van der Waals surface area contributed by atoms with E-state index in [1.54, 1.807) is 25.1 Å². The summed E-state index contributed by atoms with van der Waals surface area (Å²) in [4.78, 5) is 28.6. The molecule has 2 fully saturated rings. The molecule has 0 radical (unpaired) electrons. The number of ether oxygens (including phenoxy) is 2. The molecule has 0 aromatic heterocycles. The predicted molar refractivity (Wildman–Crippen MR) is 131 cm³/mol. The van der Waals surface area contributed by atoms with Crippen LogP contribution in [-0.2, 0) is 19.6 Å². The van der Waals surface area contributed by atoms with Gasteiger partial charge in [0.05, 0.1) is 32.2 Å². The molecule has 2 amide bonds. The zero-order chi connectivity index (χ0) is 24.9. The van der Waals surface area contributed by atoms with Crippen LogP contribution in [0.1, 0.15) is 58.8 Å². The van der Waals surface area contributed by atoms with Gasteiger partial charge in [-0.15, -0.1) is 0 Å². The monoisotopic (exact) mass is 495 g/mol. The van der Waals surface area contributed by atoms with Crippen LogP contribution in [0, 0.1) is 0 Å². The second-order valence-electron chi connectivity index (χ2n) is 9.26. The van der Waals surface area contributed by atoms with E-state index in [2.05, 4.69) is 5.32 Å². The molecule has 1 heterocycles. The number of methoxy groups -OCH3 is 2. The Kier molecular flexibility index (Phi) is 8.46. The van der Waals surface area contributed by atoms with E-state index in [0.29, 0.717) is 17.2 Å². The van der Waals surface area contributed by atoms with Crippen molar-refractivity contribution in [3.05, 3.63) is 18.2 Å². The number of nitrogens with zero attached hydrogens (tertiary/aromatic N) is 2. The maximum absolute atomic E-state index is 13.8. The third kappa shape index (κ3) is 5.66. The highest BCUT2D eigenvalue weighted by Crippen LogP contribution is 2.36. The average Bonchev–Trinajstić information content (AvgIpc) is 2.79. The Morgan fingerprint density at radius 3 is 2.15 bits per heavy atom. The minimum Gasteiger partial charge on any atom is -0.497 e. The van der Waals surface area contributed by atoms with Gasteiger partial charge in [-0.3, -0.25) is 14.5 Å². The Hall–Kier alpha value is -2.33. The summed E-state index contributed by atoms with van der Waals surface area (Å²) in [5.41, 5.74) is -1.03. The fraction of sp³-hybridized carbons (Fsp3) is 0.667. The molecule has 1 atom stereocenters. The Balaban J connectivity index is 2.02. The number of carbonyl (C=O) groups is 2. The molecule has 34 heavy (non-hydrogen) atoms. The molecule has 9 nitrogen and oxygen atoms in total. The minimum absolute atomic E-state index is 0.000388. The van der Waals surface area contributed by atoms with E-state index < -0.39 is 21.5 Å². The van der Waals surface area contributed by atoms with E-state index in [9.17, 15) is 18.0 Å². The molecule has 1 aromatic rings. The van der Waals surface area contributed by atoms with Gasteiger partial charge in [-0.2, -0.15) is 4.31 Å². The van der Waals surface area contributed by atoms with Crippen LogP contribution in [0.15, 0.2) is 18.2 Å². The number of piperazine rings is 1. The van der Waals surface area contributed by atoms with Crippen LogP contribution in [0.2, 0.25) is 0 Å². The van der Waals surface area contributed by atoms with Crippen molar-refractivity contribution >= 4 is 27.5 Å². The van der Waals surface area contributed by atoms with Crippen LogP contribution < -0.4 is 19.7 Å². The number of benzene rings is 1. The summed E-state index contributed by atoms with van der Waals surface area (Å²) in [7, 11) is -0.664. The summed E-state index contributed by atoms with van der Waals surface area (Å²) in [6.07, 6.45) is 7.31. The molecule has 1 aliphatic heterocycles. The topological polar surface area (TPSA) is 105 Å². The summed E-state index contributed by atoms with van der Waals surface area (Å²) in [5.74, 6) is -0.0479. The van der Waals surface area contributed by atoms with Crippen molar-refractivity contribution in [1.29, 1.82) is 0 Å².